The van der Waals surface area contributed by atoms with Gasteiger partial charge < -0.3 is 15.7 Å². The third kappa shape index (κ3) is 4.83. The van der Waals surface area contributed by atoms with Crippen LogP contribution in [0.4, 0.5) is 4.39 Å². The van der Waals surface area contributed by atoms with Crippen molar-refractivity contribution in [2.24, 2.45) is 12.0 Å². The Hall–Kier alpha value is -1.91. The molecule has 1 aromatic carbocycles. The lowest BCUT2D eigenvalue weighted by atomic mass is 10.2. The molecular formula is C13H18FIN6O. The van der Waals surface area contributed by atoms with E-state index in [4.69, 9.17) is 5.11 Å². The number of aromatic nitrogens is 3. The molecule has 2 aromatic rings. The average molecular weight is 420 g/mol. The van der Waals surface area contributed by atoms with Gasteiger partial charge in [-0.3, -0.25) is 9.67 Å². The zero-order valence-electron chi connectivity index (χ0n) is 12.2. The molecule has 9 heteroatoms. The number of hydrogen-bond donors (Lipinski definition) is 3. The zero-order valence-corrected chi connectivity index (χ0v) is 14.6. The highest BCUT2D eigenvalue weighted by atomic mass is 127. The molecule has 0 saturated heterocycles. The van der Waals surface area contributed by atoms with Crippen LogP contribution >= 0.6 is 24.0 Å². The Morgan fingerprint density at radius 3 is 2.68 bits per heavy atom. The van der Waals surface area contributed by atoms with Crippen molar-refractivity contribution in [1.29, 1.82) is 0 Å². The van der Waals surface area contributed by atoms with Crippen LogP contribution in [0.25, 0.3) is 0 Å². The second-order valence-electron chi connectivity index (χ2n) is 4.36. The van der Waals surface area contributed by atoms with Gasteiger partial charge in [-0.1, -0.05) is 6.07 Å². The smallest absolute Gasteiger partial charge is 0.191 e. The normalized spacial score (nSPS) is 11.0. The number of nitrogens with one attached hydrogen (secondary N) is 2. The first-order valence-corrected chi connectivity index (χ1v) is 6.35. The predicted molar refractivity (Wildman–Crippen MR) is 91.5 cm³/mol. The second kappa shape index (κ2) is 8.51. The molecule has 0 aliphatic carbocycles. The molecule has 0 aliphatic heterocycles. The number of aryl methyl sites for hydroxylation is 1. The summed E-state index contributed by atoms with van der Waals surface area (Å²) in [7, 11) is 3.45. The molecule has 0 unspecified atom stereocenters. The van der Waals surface area contributed by atoms with Crippen LogP contribution in [0.3, 0.4) is 0 Å². The van der Waals surface area contributed by atoms with Gasteiger partial charge in [0.25, 0.3) is 0 Å². The summed E-state index contributed by atoms with van der Waals surface area (Å²) >= 11 is 0. The molecule has 120 valence electrons. The number of nitrogens with zero attached hydrogens (tertiary/aromatic N) is 4. The van der Waals surface area contributed by atoms with Crippen LogP contribution in [0.1, 0.15) is 11.4 Å². The molecule has 0 fully saturated rings. The number of phenols is 1. The maximum atomic E-state index is 13.2. The highest BCUT2D eigenvalue weighted by Crippen LogP contribution is 2.15. The number of rotatable bonds is 4. The SMILES string of the molecule is CN=C(NCc1ccc(O)c(F)c1)NCc1ncnn1C.I. The maximum Gasteiger partial charge on any atom is 0.191 e. The molecule has 1 heterocycles. The molecule has 3 N–H and O–H groups in total. The quantitative estimate of drug-likeness (QED) is 0.393. The summed E-state index contributed by atoms with van der Waals surface area (Å²) in [6.07, 6.45) is 1.48. The van der Waals surface area contributed by atoms with Crippen LogP contribution in [-0.4, -0.2) is 32.9 Å². The molecular weight excluding hydrogens is 402 g/mol. The summed E-state index contributed by atoms with van der Waals surface area (Å²) in [5.41, 5.74) is 0.701. The van der Waals surface area contributed by atoms with Crippen molar-refractivity contribution >= 4 is 29.9 Å². The van der Waals surface area contributed by atoms with Crippen LogP contribution in [0.5, 0.6) is 5.75 Å². The molecule has 0 atom stereocenters. The number of hydrogen-bond acceptors (Lipinski definition) is 4. The Morgan fingerprint density at radius 1 is 1.36 bits per heavy atom. The van der Waals surface area contributed by atoms with Crippen LogP contribution in [0, 0.1) is 5.82 Å². The van der Waals surface area contributed by atoms with Gasteiger partial charge >= 0.3 is 0 Å². The third-order valence-corrected chi connectivity index (χ3v) is 2.91. The molecule has 1 aromatic heterocycles. The van der Waals surface area contributed by atoms with Gasteiger partial charge in [0, 0.05) is 20.6 Å². The van der Waals surface area contributed by atoms with E-state index < -0.39 is 5.82 Å². The first-order valence-electron chi connectivity index (χ1n) is 6.35. The number of phenolic OH excluding ortho intramolecular Hbond substituents is 1. The first-order chi connectivity index (χ1) is 10.1. The molecule has 7 nitrogen and oxygen atoms in total. The van der Waals surface area contributed by atoms with E-state index in [-0.39, 0.29) is 29.7 Å². The van der Waals surface area contributed by atoms with Gasteiger partial charge in [-0.15, -0.1) is 24.0 Å². The molecule has 2 rings (SSSR count). The Balaban J connectivity index is 0.00000242. The van der Waals surface area contributed by atoms with Crippen molar-refractivity contribution in [2.75, 3.05) is 7.05 Å². The Labute approximate surface area is 144 Å². The van der Waals surface area contributed by atoms with Gasteiger partial charge in [-0.05, 0) is 17.7 Å². The molecule has 0 bridgehead atoms. The molecule has 0 aliphatic rings. The van der Waals surface area contributed by atoms with E-state index in [1.165, 1.54) is 18.5 Å². The monoisotopic (exact) mass is 420 g/mol. The number of aliphatic imine (C=N–C) groups is 1. The van der Waals surface area contributed by atoms with Crippen molar-refractivity contribution in [3.05, 3.63) is 41.7 Å². The number of halogens is 2. The summed E-state index contributed by atoms with van der Waals surface area (Å²) in [6.45, 7) is 0.857. The van der Waals surface area contributed by atoms with E-state index in [1.807, 2.05) is 0 Å². The summed E-state index contributed by atoms with van der Waals surface area (Å²) in [5.74, 6) is 0.333. The van der Waals surface area contributed by atoms with E-state index in [0.29, 0.717) is 24.6 Å². The fraction of sp³-hybridized carbons (Fsp3) is 0.308. The van der Waals surface area contributed by atoms with Crippen molar-refractivity contribution in [1.82, 2.24) is 25.4 Å². The third-order valence-electron chi connectivity index (χ3n) is 2.91. The molecule has 0 radical (unpaired) electrons. The first kappa shape index (κ1) is 18.1. The fourth-order valence-electron chi connectivity index (χ4n) is 1.71. The number of benzene rings is 1. The van der Waals surface area contributed by atoms with Gasteiger partial charge in [0.05, 0.1) is 6.54 Å². The number of guanidine groups is 1. The predicted octanol–water partition coefficient (Wildman–Crippen LogP) is 1.14. The fourth-order valence-corrected chi connectivity index (χ4v) is 1.71. The Bertz CT molecular complexity index is 645. The average Bonchev–Trinajstić information content (AvgIpc) is 2.88. The van der Waals surface area contributed by atoms with Crippen LogP contribution in [-0.2, 0) is 20.1 Å². The van der Waals surface area contributed by atoms with Crippen LogP contribution in [0.15, 0.2) is 29.5 Å². The summed E-state index contributed by atoms with van der Waals surface area (Å²) in [5, 5.41) is 19.2. The van der Waals surface area contributed by atoms with Gasteiger partial charge in [0.1, 0.15) is 12.2 Å². The van der Waals surface area contributed by atoms with Gasteiger partial charge in [0.15, 0.2) is 17.5 Å². The highest BCUT2D eigenvalue weighted by molar-refractivity contribution is 14.0. The summed E-state index contributed by atoms with van der Waals surface area (Å²) < 4.78 is 14.9. The van der Waals surface area contributed by atoms with Gasteiger partial charge in [0.2, 0.25) is 0 Å². The highest BCUT2D eigenvalue weighted by Gasteiger charge is 2.04. The van der Waals surface area contributed by atoms with E-state index in [0.717, 1.165) is 5.82 Å². The molecule has 22 heavy (non-hydrogen) atoms. The van der Waals surface area contributed by atoms with Gasteiger partial charge in [-0.25, -0.2) is 9.37 Å². The zero-order chi connectivity index (χ0) is 15.2. The maximum absolute atomic E-state index is 13.2. The van der Waals surface area contributed by atoms with Crippen LogP contribution < -0.4 is 10.6 Å². The molecule has 0 amide bonds. The summed E-state index contributed by atoms with van der Waals surface area (Å²) in [4.78, 5) is 8.16. The topological polar surface area (TPSA) is 87.4 Å². The van der Waals surface area contributed by atoms with Crippen LogP contribution in [0.2, 0.25) is 0 Å². The minimum Gasteiger partial charge on any atom is -0.505 e. The van der Waals surface area contributed by atoms with E-state index in [2.05, 4.69) is 25.7 Å². The lowest BCUT2D eigenvalue weighted by Crippen LogP contribution is -2.36. The lowest BCUT2D eigenvalue weighted by Gasteiger charge is -2.11. The minimum atomic E-state index is -0.642. The van der Waals surface area contributed by atoms with Crippen molar-refractivity contribution in [3.63, 3.8) is 0 Å². The van der Waals surface area contributed by atoms with Crippen molar-refractivity contribution in [2.45, 2.75) is 13.1 Å². The molecule has 0 saturated carbocycles. The Morgan fingerprint density at radius 2 is 2.09 bits per heavy atom. The largest absolute Gasteiger partial charge is 0.505 e. The van der Waals surface area contributed by atoms with E-state index in [9.17, 15) is 4.39 Å². The number of aromatic hydroxyl groups is 1. The van der Waals surface area contributed by atoms with Gasteiger partial charge in [-0.2, -0.15) is 5.10 Å². The van der Waals surface area contributed by atoms with E-state index in [1.54, 1.807) is 24.8 Å². The second-order valence-corrected chi connectivity index (χ2v) is 4.36. The van der Waals surface area contributed by atoms with Crippen molar-refractivity contribution in [3.8, 4) is 5.75 Å². The van der Waals surface area contributed by atoms with Crippen molar-refractivity contribution < 1.29 is 9.50 Å². The minimum absolute atomic E-state index is 0. The standard InChI is InChI=1S/C13H17FN6O.HI/c1-15-13(17-7-12-18-8-19-20(12)2)16-6-9-3-4-11(21)10(14)5-9;/h3-5,8,21H,6-7H2,1-2H3,(H2,15,16,17);1H. The lowest BCUT2D eigenvalue weighted by molar-refractivity contribution is 0.431. The Kier molecular flexibility index (Phi) is 7.02. The molecule has 0 spiro atoms. The summed E-state index contributed by atoms with van der Waals surface area (Å²) in [6, 6.07) is 4.24. The van der Waals surface area contributed by atoms with E-state index >= 15 is 0 Å².